The molecule has 27 heavy (non-hydrogen) atoms. The molecule has 5 nitrogen and oxygen atoms in total. The van der Waals surface area contributed by atoms with E-state index in [4.69, 9.17) is 4.74 Å². The predicted molar refractivity (Wildman–Crippen MR) is 103 cm³/mol. The summed E-state index contributed by atoms with van der Waals surface area (Å²) in [6.45, 7) is 2.72. The van der Waals surface area contributed by atoms with Crippen molar-refractivity contribution in [3.05, 3.63) is 47.5 Å². The second kappa shape index (κ2) is 8.26. The van der Waals surface area contributed by atoms with Gasteiger partial charge in [-0.2, -0.15) is 0 Å². The molecule has 2 heterocycles. The van der Waals surface area contributed by atoms with Crippen LogP contribution in [0.15, 0.2) is 36.4 Å². The molecule has 1 aromatic rings. The maximum absolute atomic E-state index is 13.2. The van der Waals surface area contributed by atoms with Gasteiger partial charge in [0, 0.05) is 26.2 Å². The van der Waals surface area contributed by atoms with Gasteiger partial charge < -0.3 is 15.0 Å². The third-order valence-electron chi connectivity index (χ3n) is 6.06. The number of benzene rings is 1. The Labute approximate surface area is 160 Å². The third kappa shape index (κ3) is 4.08. The fourth-order valence-corrected chi connectivity index (χ4v) is 4.45. The van der Waals surface area contributed by atoms with Gasteiger partial charge in [0.25, 0.3) is 0 Å². The van der Waals surface area contributed by atoms with E-state index in [2.05, 4.69) is 23.5 Å². The van der Waals surface area contributed by atoms with Gasteiger partial charge in [-0.25, -0.2) is 0 Å². The average molecular weight is 368 g/mol. The van der Waals surface area contributed by atoms with Crippen molar-refractivity contribution >= 4 is 11.8 Å². The second-order valence-corrected chi connectivity index (χ2v) is 7.81. The van der Waals surface area contributed by atoms with Crippen molar-refractivity contribution in [2.24, 2.45) is 11.8 Å². The van der Waals surface area contributed by atoms with Crippen LogP contribution in [-0.2, 0) is 27.3 Å². The molecule has 2 unspecified atom stereocenters. The number of carbonyl (C=O) groups is 2. The van der Waals surface area contributed by atoms with Crippen LogP contribution in [0.1, 0.15) is 36.8 Å². The van der Waals surface area contributed by atoms with Crippen LogP contribution in [0.4, 0.5) is 0 Å². The van der Waals surface area contributed by atoms with E-state index >= 15 is 0 Å². The van der Waals surface area contributed by atoms with Gasteiger partial charge in [0.1, 0.15) is 0 Å². The highest BCUT2D eigenvalue weighted by atomic mass is 16.5. The molecule has 4 rings (SSSR count). The van der Waals surface area contributed by atoms with Crippen LogP contribution in [0.25, 0.3) is 0 Å². The number of fused-ring (bicyclic) bond motifs is 1. The quantitative estimate of drug-likeness (QED) is 0.831. The molecule has 0 saturated carbocycles. The maximum Gasteiger partial charge on any atom is 0.227 e. The Morgan fingerprint density at radius 2 is 1.89 bits per heavy atom. The van der Waals surface area contributed by atoms with Gasteiger partial charge in [-0.1, -0.05) is 36.4 Å². The highest BCUT2D eigenvalue weighted by Gasteiger charge is 2.37. The first-order valence-electron chi connectivity index (χ1n) is 10.1. The van der Waals surface area contributed by atoms with Gasteiger partial charge in [0.2, 0.25) is 11.8 Å². The van der Waals surface area contributed by atoms with Crippen LogP contribution in [0.2, 0.25) is 0 Å². The van der Waals surface area contributed by atoms with E-state index in [1.165, 1.54) is 11.1 Å². The summed E-state index contributed by atoms with van der Waals surface area (Å²) in [5.41, 5.74) is 2.55. The van der Waals surface area contributed by atoms with Gasteiger partial charge in [-0.3, -0.25) is 9.59 Å². The molecule has 1 fully saturated rings. The van der Waals surface area contributed by atoms with Gasteiger partial charge in [0.15, 0.2) is 0 Å². The number of hydrogen-bond donors (Lipinski definition) is 1. The van der Waals surface area contributed by atoms with Gasteiger partial charge >= 0.3 is 0 Å². The second-order valence-electron chi connectivity index (χ2n) is 7.81. The molecule has 3 aliphatic rings. The maximum atomic E-state index is 13.2. The normalized spacial score (nSPS) is 27.3. The summed E-state index contributed by atoms with van der Waals surface area (Å²) < 4.78 is 5.59. The first-order chi connectivity index (χ1) is 13.2. The molecule has 1 aliphatic carbocycles. The zero-order valence-corrected chi connectivity index (χ0v) is 15.7. The minimum Gasteiger partial charge on any atom is -0.376 e. The highest BCUT2D eigenvalue weighted by molar-refractivity contribution is 5.88. The van der Waals surface area contributed by atoms with Crippen LogP contribution < -0.4 is 5.32 Å². The summed E-state index contributed by atoms with van der Waals surface area (Å²) in [4.78, 5) is 27.9. The number of hydrogen-bond acceptors (Lipinski definition) is 3. The fourth-order valence-electron chi connectivity index (χ4n) is 4.45. The van der Waals surface area contributed by atoms with Gasteiger partial charge in [-0.15, -0.1) is 0 Å². The molecule has 2 amide bonds. The topological polar surface area (TPSA) is 58.6 Å². The van der Waals surface area contributed by atoms with E-state index in [0.717, 1.165) is 32.4 Å². The van der Waals surface area contributed by atoms with E-state index < -0.39 is 0 Å². The number of amides is 2. The van der Waals surface area contributed by atoms with Crippen molar-refractivity contribution in [3.8, 4) is 0 Å². The lowest BCUT2D eigenvalue weighted by atomic mass is 9.81. The lowest BCUT2D eigenvalue weighted by molar-refractivity contribution is -0.143. The van der Waals surface area contributed by atoms with Crippen LogP contribution >= 0.6 is 0 Å². The SMILES string of the molecule is O=C(NC[C@@H]1CCCO1)C1CC=CCC1C(=O)N1CCc2ccccc2C1. The third-order valence-corrected chi connectivity index (χ3v) is 6.06. The van der Waals surface area contributed by atoms with Crippen LogP contribution in [0.5, 0.6) is 0 Å². The summed E-state index contributed by atoms with van der Waals surface area (Å²) in [6, 6.07) is 8.32. The Balaban J connectivity index is 1.40. The molecule has 1 aromatic carbocycles. The van der Waals surface area contributed by atoms with Crippen LogP contribution in [0.3, 0.4) is 0 Å². The largest absolute Gasteiger partial charge is 0.376 e. The Morgan fingerprint density at radius 3 is 2.67 bits per heavy atom. The van der Waals surface area contributed by atoms with Crippen molar-refractivity contribution in [1.29, 1.82) is 0 Å². The first-order valence-corrected chi connectivity index (χ1v) is 10.1. The zero-order chi connectivity index (χ0) is 18.6. The Bertz CT molecular complexity index is 724. The summed E-state index contributed by atoms with van der Waals surface area (Å²) in [5, 5.41) is 3.03. The van der Waals surface area contributed by atoms with Gasteiger partial charge in [0.05, 0.1) is 17.9 Å². The van der Waals surface area contributed by atoms with E-state index in [1.54, 1.807) is 0 Å². The number of rotatable bonds is 4. The van der Waals surface area contributed by atoms with E-state index in [-0.39, 0.29) is 29.8 Å². The van der Waals surface area contributed by atoms with E-state index in [9.17, 15) is 9.59 Å². The van der Waals surface area contributed by atoms with Crippen molar-refractivity contribution in [2.75, 3.05) is 19.7 Å². The number of carbonyl (C=O) groups excluding carboxylic acids is 2. The molecule has 5 heteroatoms. The molecule has 0 spiro atoms. The lowest BCUT2D eigenvalue weighted by Gasteiger charge is -2.35. The monoisotopic (exact) mass is 368 g/mol. The summed E-state index contributed by atoms with van der Waals surface area (Å²) in [5.74, 6) is -0.428. The van der Waals surface area contributed by atoms with E-state index in [1.807, 2.05) is 23.1 Å². The van der Waals surface area contributed by atoms with E-state index in [0.29, 0.717) is 25.9 Å². The summed E-state index contributed by atoms with van der Waals surface area (Å²) >= 11 is 0. The Morgan fingerprint density at radius 1 is 1.11 bits per heavy atom. The minimum absolute atomic E-state index is 0.00869. The standard InChI is InChI=1S/C22H28N2O3/c25-21(23-14-18-8-5-13-27-18)19-9-3-4-10-20(19)22(26)24-12-11-16-6-1-2-7-17(16)15-24/h1-4,6-7,18-20H,5,8-15H2,(H,23,25)/t18-,19?,20?/m0/s1. The molecule has 1 N–H and O–H groups in total. The molecule has 1 saturated heterocycles. The molecular formula is C22H28N2O3. The average Bonchev–Trinajstić information content (AvgIpc) is 3.25. The molecule has 0 bridgehead atoms. The lowest BCUT2D eigenvalue weighted by Crippen LogP contribution is -2.47. The molecule has 0 radical (unpaired) electrons. The molecule has 3 atom stereocenters. The summed E-state index contributed by atoms with van der Waals surface area (Å²) in [6.07, 6.45) is 8.44. The predicted octanol–water partition coefficient (Wildman–Crippen LogP) is 2.45. The number of nitrogens with one attached hydrogen (secondary N) is 1. The van der Waals surface area contributed by atoms with Crippen molar-refractivity contribution in [1.82, 2.24) is 10.2 Å². The van der Waals surface area contributed by atoms with Gasteiger partial charge in [-0.05, 0) is 43.2 Å². The summed E-state index contributed by atoms with van der Waals surface area (Å²) in [7, 11) is 0. The number of allylic oxidation sites excluding steroid dienone is 2. The Hall–Kier alpha value is -2.14. The first kappa shape index (κ1) is 18.2. The number of nitrogens with zero attached hydrogens (tertiary/aromatic N) is 1. The minimum atomic E-state index is -0.277. The zero-order valence-electron chi connectivity index (χ0n) is 15.7. The highest BCUT2D eigenvalue weighted by Crippen LogP contribution is 2.30. The van der Waals surface area contributed by atoms with Crippen molar-refractivity contribution < 1.29 is 14.3 Å². The molecule has 144 valence electrons. The molecular weight excluding hydrogens is 340 g/mol. The van der Waals surface area contributed by atoms with Crippen molar-refractivity contribution in [3.63, 3.8) is 0 Å². The van der Waals surface area contributed by atoms with Crippen LogP contribution in [-0.4, -0.2) is 42.5 Å². The fraction of sp³-hybridized carbons (Fsp3) is 0.545. The van der Waals surface area contributed by atoms with Crippen LogP contribution in [0, 0.1) is 11.8 Å². The molecule has 2 aliphatic heterocycles. The molecule has 0 aromatic heterocycles. The Kier molecular flexibility index (Phi) is 5.58. The smallest absolute Gasteiger partial charge is 0.227 e. The van der Waals surface area contributed by atoms with Crippen molar-refractivity contribution in [2.45, 2.75) is 44.8 Å². The number of ether oxygens (including phenoxy) is 1.